The molecule has 0 N–H and O–H groups in total. The van der Waals surface area contributed by atoms with Crippen molar-refractivity contribution in [3.8, 4) is 5.88 Å². The summed E-state index contributed by atoms with van der Waals surface area (Å²) in [7, 11) is -5.92. The van der Waals surface area contributed by atoms with Gasteiger partial charge in [0.05, 0.1) is 6.61 Å². The van der Waals surface area contributed by atoms with Crippen LogP contribution in [0.25, 0.3) is 22.1 Å². The zero-order valence-corrected chi connectivity index (χ0v) is 14.0. The van der Waals surface area contributed by atoms with E-state index in [1.54, 1.807) is 31.2 Å². The molecular weight excluding hydrogens is 377 g/mol. The van der Waals surface area contributed by atoms with Gasteiger partial charge in [0.15, 0.2) is 5.82 Å². The number of alkyl halides is 3. The Morgan fingerprint density at radius 2 is 1.92 bits per heavy atom. The highest BCUT2D eigenvalue weighted by molar-refractivity contribution is 7.88. The molecule has 0 spiro atoms. The quantitative estimate of drug-likeness (QED) is 0.502. The maximum atomic E-state index is 12.7. The van der Waals surface area contributed by atoms with Crippen molar-refractivity contribution in [2.24, 2.45) is 0 Å². The summed E-state index contributed by atoms with van der Waals surface area (Å²) in [5, 5.41) is 0.489. The summed E-state index contributed by atoms with van der Waals surface area (Å²) in [6, 6.07) is 6.56. The molecule has 1 saturated heterocycles. The van der Waals surface area contributed by atoms with Crippen LogP contribution in [0.5, 0.6) is 5.88 Å². The van der Waals surface area contributed by atoms with E-state index in [0.717, 1.165) is 0 Å². The van der Waals surface area contributed by atoms with Crippen LogP contribution in [0.2, 0.25) is 0 Å². The molecule has 26 heavy (non-hydrogen) atoms. The number of ether oxygens (including phenoxy) is 1. The SMILES string of the molecule is CC1(c2nc(OS(=O)(=O)C(F)(F)F)c3oc4ccccc4c3n2)CCO1. The lowest BCUT2D eigenvalue weighted by atomic mass is 9.96. The van der Waals surface area contributed by atoms with Crippen LogP contribution in [0.3, 0.4) is 0 Å². The van der Waals surface area contributed by atoms with Crippen LogP contribution in [0.1, 0.15) is 19.2 Å². The van der Waals surface area contributed by atoms with Gasteiger partial charge in [0.1, 0.15) is 16.7 Å². The molecule has 1 aromatic carbocycles. The number of fused-ring (bicyclic) bond motifs is 3. The smallest absolute Gasteiger partial charge is 0.449 e. The first-order chi connectivity index (χ1) is 12.1. The van der Waals surface area contributed by atoms with Crippen LogP contribution in [-0.2, 0) is 20.5 Å². The number of halogens is 3. The van der Waals surface area contributed by atoms with Gasteiger partial charge in [0, 0.05) is 11.8 Å². The number of hydrogen-bond donors (Lipinski definition) is 0. The van der Waals surface area contributed by atoms with Crippen molar-refractivity contribution in [3.63, 3.8) is 0 Å². The fraction of sp³-hybridized carbons (Fsp3) is 0.333. The summed E-state index contributed by atoms with van der Waals surface area (Å²) in [6.07, 6.45) is 0.528. The van der Waals surface area contributed by atoms with Crippen LogP contribution in [0.15, 0.2) is 28.7 Å². The highest BCUT2D eigenvalue weighted by atomic mass is 32.2. The molecule has 3 aromatic rings. The fourth-order valence-electron chi connectivity index (χ4n) is 2.59. The minimum absolute atomic E-state index is 0.0233. The van der Waals surface area contributed by atoms with Crippen molar-refractivity contribution in [1.29, 1.82) is 0 Å². The average Bonchev–Trinajstić information content (AvgIpc) is 2.90. The van der Waals surface area contributed by atoms with E-state index in [2.05, 4.69) is 14.2 Å². The number of nitrogens with zero attached hydrogens (tertiary/aromatic N) is 2. The number of aromatic nitrogens is 2. The van der Waals surface area contributed by atoms with E-state index in [9.17, 15) is 21.6 Å². The maximum absolute atomic E-state index is 12.7. The normalized spacial score (nSPS) is 21.1. The molecule has 7 nitrogen and oxygen atoms in total. The second-order valence-electron chi connectivity index (χ2n) is 5.94. The molecule has 0 saturated carbocycles. The van der Waals surface area contributed by atoms with E-state index in [-0.39, 0.29) is 16.9 Å². The van der Waals surface area contributed by atoms with Gasteiger partial charge in [-0.3, -0.25) is 0 Å². The second kappa shape index (κ2) is 5.30. The monoisotopic (exact) mass is 388 g/mol. The minimum atomic E-state index is -5.92. The first-order valence-electron chi connectivity index (χ1n) is 7.45. The lowest BCUT2D eigenvalue weighted by Crippen LogP contribution is -2.39. The lowest BCUT2D eigenvalue weighted by molar-refractivity contribution is -0.146. The van der Waals surface area contributed by atoms with Gasteiger partial charge in [0.25, 0.3) is 5.88 Å². The lowest BCUT2D eigenvalue weighted by Gasteiger charge is -2.36. The largest absolute Gasteiger partial charge is 0.534 e. The first kappa shape index (κ1) is 17.0. The molecule has 0 bridgehead atoms. The summed E-state index contributed by atoms with van der Waals surface area (Å²) < 4.78 is 76.2. The molecule has 4 rings (SSSR count). The van der Waals surface area contributed by atoms with Crippen molar-refractivity contribution >= 4 is 32.2 Å². The fourth-order valence-corrected chi connectivity index (χ4v) is 3.01. The van der Waals surface area contributed by atoms with E-state index in [1.165, 1.54) is 0 Å². The molecule has 1 aliphatic heterocycles. The third kappa shape index (κ3) is 2.50. The number of para-hydroxylation sites is 1. The highest BCUT2D eigenvalue weighted by Crippen LogP contribution is 2.40. The van der Waals surface area contributed by atoms with E-state index >= 15 is 0 Å². The number of furan rings is 1. The van der Waals surface area contributed by atoms with Crippen molar-refractivity contribution in [1.82, 2.24) is 9.97 Å². The predicted molar refractivity (Wildman–Crippen MR) is 82.8 cm³/mol. The van der Waals surface area contributed by atoms with Crippen molar-refractivity contribution in [2.45, 2.75) is 24.5 Å². The molecule has 1 atom stereocenters. The van der Waals surface area contributed by atoms with Gasteiger partial charge in [-0.15, -0.1) is 0 Å². The van der Waals surface area contributed by atoms with Gasteiger partial charge < -0.3 is 13.3 Å². The molecular formula is C15H11F3N2O5S. The average molecular weight is 388 g/mol. The zero-order valence-electron chi connectivity index (χ0n) is 13.2. The summed E-state index contributed by atoms with van der Waals surface area (Å²) in [6.45, 7) is 2.09. The van der Waals surface area contributed by atoms with Gasteiger partial charge in [-0.25, -0.2) is 4.98 Å². The highest BCUT2D eigenvalue weighted by Gasteiger charge is 2.49. The van der Waals surface area contributed by atoms with Gasteiger partial charge in [-0.2, -0.15) is 26.6 Å². The van der Waals surface area contributed by atoms with Crippen LogP contribution in [0, 0.1) is 0 Å². The maximum Gasteiger partial charge on any atom is 0.534 e. The van der Waals surface area contributed by atoms with E-state index in [1.807, 2.05) is 0 Å². The Bertz CT molecular complexity index is 1120. The topological polar surface area (TPSA) is 91.5 Å². The predicted octanol–water partition coefficient (Wildman–Crippen LogP) is 3.24. The summed E-state index contributed by atoms with van der Waals surface area (Å²) in [5.41, 5.74) is -6.37. The molecule has 3 heterocycles. The van der Waals surface area contributed by atoms with Gasteiger partial charge in [0.2, 0.25) is 5.58 Å². The standard InChI is InChI=1S/C15H11F3N2O5S/c1-14(6-7-23-14)13-19-10-8-4-2-3-5-9(8)24-11(10)12(20-13)25-26(21,22)15(16,17)18/h2-5H,6-7H2,1H3. The summed E-state index contributed by atoms with van der Waals surface area (Å²) in [5.74, 6) is -0.801. The first-order valence-corrected chi connectivity index (χ1v) is 8.86. The third-order valence-corrected chi connectivity index (χ3v) is 5.08. The third-order valence-electron chi connectivity index (χ3n) is 4.13. The van der Waals surface area contributed by atoms with E-state index < -0.39 is 27.1 Å². The number of benzene rings is 1. The summed E-state index contributed by atoms with van der Waals surface area (Å²) in [4.78, 5) is 8.18. The Labute approximate surface area is 144 Å². The van der Waals surface area contributed by atoms with Crippen LogP contribution < -0.4 is 4.18 Å². The Morgan fingerprint density at radius 3 is 2.54 bits per heavy atom. The molecule has 1 aliphatic rings. The molecule has 0 radical (unpaired) electrons. The van der Waals surface area contributed by atoms with E-state index in [4.69, 9.17) is 9.15 Å². The van der Waals surface area contributed by atoms with Crippen molar-refractivity contribution < 1.29 is 34.9 Å². The number of rotatable bonds is 3. The minimum Gasteiger partial charge on any atom is -0.449 e. The van der Waals surface area contributed by atoms with Crippen molar-refractivity contribution in [3.05, 3.63) is 30.1 Å². The summed E-state index contributed by atoms with van der Waals surface area (Å²) >= 11 is 0. The Morgan fingerprint density at radius 1 is 1.23 bits per heavy atom. The molecule has 0 aliphatic carbocycles. The van der Waals surface area contributed by atoms with Gasteiger partial charge in [-0.1, -0.05) is 12.1 Å². The van der Waals surface area contributed by atoms with Crippen LogP contribution in [-0.4, -0.2) is 30.5 Å². The molecule has 0 amide bonds. The molecule has 138 valence electrons. The molecule has 2 aromatic heterocycles. The zero-order chi connectivity index (χ0) is 18.7. The van der Waals surface area contributed by atoms with Gasteiger partial charge in [-0.05, 0) is 19.1 Å². The molecule has 1 unspecified atom stereocenters. The Kier molecular flexibility index (Phi) is 3.47. The van der Waals surface area contributed by atoms with Crippen LogP contribution in [0.4, 0.5) is 13.2 Å². The molecule has 11 heteroatoms. The van der Waals surface area contributed by atoms with Crippen molar-refractivity contribution in [2.75, 3.05) is 6.61 Å². The molecule has 1 fully saturated rings. The second-order valence-corrected chi connectivity index (χ2v) is 7.48. The number of hydrogen-bond acceptors (Lipinski definition) is 7. The van der Waals surface area contributed by atoms with E-state index in [0.29, 0.717) is 24.0 Å². The van der Waals surface area contributed by atoms with Crippen LogP contribution >= 0.6 is 0 Å². The Hall–Kier alpha value is -2.40. The Balaban J connectivity index is 1.98. The van der Waals surface area contributed by atoms with Gasteiger partial charge >= 0.3 is 15.6 Å².